The van der Waals surface area contributed by atoms with Crippen LogP contribution in [0.4, 0.5) is 11.4 Å². The molecule has 1 unspecified atom stereocenters. The predicted molar refractivity (Wildman–Crippen MR) is 85.2 cm³/mol. The molecule has 0 aromatic heterocycles. The van der Waals surface area contributed by atoms with Crippen molar-refractivity contribution in [1.82, 2.24) is 0 Å². The van der Waals surface area contributed by atoms with Crippen molar-refractivity contribution in [3.8, 4) is 0 Å². The molecule has 2 aromatic carbocycles. The molecule has 0 aliphatic carbocycles. The molecule has 2 aliphatic heterocycles. The van der Waals surface area contributed by atoms with Gasteiger partial charge in [-0.15, -0.1) is 0 Å². The largest absolute Gasteiger partial charge is 0.326 e. The zero-order valence-electron chi connectivity index (χ0n) is 12.3. The summed E-state index contributed by atoms with van der Waals surface area (Å²) < 4.78 is 0. The highest BCUT2D eigenvalue weighted by Gasteiger charge is 2.31. The third kappa shape index (κ3) is 1.91. The van der Waals surface area contributed by atoms with E-state index >= 15 is 0 Å². The van der Waals surface area contributed by atoms with Gasteiger partial charge in [-0.05, 0) is 48.7 Å². The van der Waals surface area contributed by atoms with Gasteiger partial charge in [0.05, 0.1) is 6.42 Å². The van der Waals surface area contributed by atoms with Crippen molar-refractivity contribution in [1.29, 1.82) is 0 Å². The maximum Gasteiger partial charge on any atom is 0.258 e. The lowest BCUT2D eigenvalue weighted by molar-refractivity contribution is -0.115. The number of hydrogen-bond acceptors (Lipinski definition) is 2. The highest BCUT2D eigenvalue weighted by atomic mass is 16.2. The van der Waals surface area contributed by atoms with Crippen LogP contribution in [0.3, 0.4) is 0 Å². The zero-order valence-corrected chi connectivity index (χ0v) is 12.3. The summed E-state index contributed by atoms with van der Waals surface area (Å²) in [6.45, 7) is 2.07. The topological polar surface area (TPSA) is 49.4 Å². The monoisotopic (exact) mass is 292 g/mol. The minimum absolute atomic E-state index is 0.000371. The fraction of sp³-hybridized carbons (Fsp3) is 0.222. The first-order valence-electron chi connectivity index (χ1n) is 7.48. The lowest BCUT2D eigenvalue weighted by atomic mass is 10.1. The maximum atomic E-state index is 12.9. The van der Waals surface area contributed by atoms with E-state index < -0.39 is 0 Å². The average molecular weight is 292 g/mol. The fourth-order valence-electron chi connectivity index (χ4n) is 3.38. The second kappa shape index (κ2) is 4.70. The van der Waals surface area contributed by atoms with Gasteiger partial charge in [-0.25, -0.2) is 0 Å². The van der Waals surface area contributed by atoms with Crippen molar-refractivity contribution in [3.05, 3.63) is 59.2 Å². The van der Waals surface area contributed by atoms with Crippen LogP contribution >= 0.6 is 0 Å². The predicted octanol–water partition coefficient (Wildman–Crippen LogP) is 2.77. The van der Waals surface area contributed by atoms with Gasteiger partial charge in [0.25, 0.3) is 5.91 Å². The van der Waals surface area contributed by atoms with E-state index in [2.05, 4.69) is 18.3 Å². The molecule has 110 valence electrons. The van der Waals surface area contributed by atoms with Crippen LogP contribution < -0.4 is 10.2 Å². The molecule has 2 amide bonds. The molecule has 0 spiro atoms. The molecule has 0 bridgehead atoms. The summed E-state index contributed by atoms with van der Waals surface area (Å²) in [6, 6.07) is 13.6. The van der Waals surface area contributed by atoms with Gasteiger partial charge in [-0.3, -0.25) is 9.59 Å². The highest BCUT2D eigenvalue weighted by Crippen LogP contribution is 2.34. The number of rotatable bonds is 1. The van der Waals surface area contributed by atoms with Gasteiger partial charge in [0, 0.05) is 23.0 Å². The van der Waals surface area contributed by atoms with Crippen LogP contribution in [0.2, 0.25) is 0 Å². The van der Waals surface area contributed by atoms with Gasteiger partial charge in [-0.1, -0.05) is 18.2 Å². The van der Waals surface area contributed by atoms with Crippen LogP contribution in [-0.2, 0) is 17.6 Å². The Labute approximate surface area is 128 Å². The Balaban J connectivity index is 1.71. The molecule has 4 nitrogen and oxygen atoms in total. The Morgan fingerprint density at radius 2 is 2.00 bits per heavy atom. The van der Waals surface area contributed by atoms with Crippen molar-refractivity contribution >= 4 is 23.2 Å². The van der Waals surface area contributed by atoms with Gasteiger partial charge in [0.15, 0.2) is 0 Å². The van der Waals surface area contributed by atoms with Crippen LogP contribution in [0, 0.1) is 0 Å². The first-order valence-corrected chi connectivity index (χ1v) is 7.48. The van der Waals surface area contributed by atoms with E-state index in [-0.39, 0.29) is 17.9 Å². The number of para-hydroxylation sites is 1. The van der Waals surface area contributed by atoms with Crippen LogP contribution in [0.25, 0.3) is 0 Å². The fourth-order valence-corrected chi connectivity index (χ4v) is 3.38. The Morgan fingerprint density at radius 1 is 1.18 bits per heavy atom. The number of anilines is 2. The minimum Gasteiger partial charge on any atom is -0.326 e. The van der Waals surface area contributed by atoms with E-state index in [1.54, 1.807) is 6.07 Å². The molecule has 0 radical (unpaired) electrons. The molecule has 1 N–H and O–H groups in total. The van der Waals surface area contributed by atoms with Crippen molar-refractivity contribution in [2.24, 2.45) is 0 Å². The number of benzene rings is 2. The van der Waals surface area contributed by atoms with Crippen molar-refractivity contribution in [2.75, 3.05) is 10.2 Å². The van der Waals surface area contributed by atoms with Crippen LogP contribution in [0.15, 0.2) is 42.5 Å². The van der Waals surface area contributed by atoms with E-state index in [9.17, 15) is 9.59 Å². The quantitative estimate of drug-likeness (QED) is 0.878. The molecule has 1 atom stereocenters. The van der Waals surface area contributed by atoms with E-state index in [1.807, 2.05) is 35.2 Å². The molecule has 0 fully saturated rings. The van der Waals surface area contributed by atoms with Crippen molar-refractivity contribution < 1.29 is 9.59 Å². The summed E-state index contributed by atoms with van der Waals surface area (Å²) in [5.74, 6) is -0.0147. The molecular formula is C18H16N2O2. The number of carbonyl (C=O) groups excluding carboxylic acids is 2. The second-order valence-electron chi connectivity index (χ2n) is 5.95. The Kier molecular flexibility index (Phi) is 2.79. The van der Waals surface area contributed by atoms with Crippen LogP contribution in [-0.4, -0.2) is 17.9 Å². The first kappa shape index (κ1) is 13.1. The number of nitrogens with zero attached hydrogens (tertiary/aromatic N) is 1. The van der Waals surface area contributed by atoms with Gasteiger partial charge < -0.3 is 10.2 Å². The van der Waals surface area contributed by atoms with Gasteiger partial charge in [0.2, 0.25) is 5.91 Å². The number of nitrogens with one attached hydrogen (secondary N) is 1. The second-order valence-corrected chi connectivity index (χ2v) is 5.95. The third-order valence-electron chi connectivity index (χ3n) is 4.40. The molecular weight excluding hydrogens is 276 g/mol. The standard InChI is InChI=1S/C18H16N2O2/c1-11-8-12-4-2-3-5-16(12)20(11)18(22)13-6-7-15-14(9-13)10-17(21)19-15/h2-7,9,11H,8,10H2,1H3,(H,19,21). The average Bonchev–Trinajstić information content (AvgIpc) is 3.03. The maximum absolute atomic E-state index is 12.9. The normalized spacial score (nSPS) is 18.9. The highest BCUT2D eigenvalue weighted by molar-refractivity contribution is 6.09. The Morgan fingerprint density at radius 3 is 2.86 bits per heavy atom. The molecule has 2 heterocycles. The van der Waals surface area contributed by atoms with Crippen LogP contribution in [0.5, 0.6) is 0 Å². The van der Waals surface area contributed by atoms with Gasteiger partial charge >= 0.3 is 0 Å². The number of carbonyl (C=O) groups is 2. The Bertz CT molecular complexity index is 797. The van der Waals surface area contributed by atoms with Crippen LogP contribution in [0.1, 0.15) is 28.4 Å². The third-order valence-corrected chi connectivity index (χ3v) is 4.40. The van der Waals surface area contributed by atoms with Crippen molar-refractivity contribution in [2.45, 2.75) is 25.8 Å². The van der Waals surface area contributed by atoms with E-state index in [4.69, 9.17) is 0 Å². The van der Waals surface area contributed by atoms with E-state index in [0.29, 0.717) is 12.0 Å². The SMILES string of the molecule is CC1Cc2ccccc2N1C(=O)c1ccc2c(c1)CC(=O)N2. The molecule has 2 aliphatic rings. The number of hydrogen-bond donors (Lipinski definition) is 1. The minimum atomic E-state index is -0.0144. The molecule has 0 saturated heterocycles. The number of fused-ring (bicyclic) bond motifs is 2. The molecule has 0 saturated carbocycles. The lowest BCUT2D eigenvalue weighted by Crippen LogP contribution is -2.35. The molecule has 4 heteroatoms. The lowest BCUT2D eigenvalue weighted by Gasteiger charge is -2.23. The summed E-state index contributed by atoms with van der Waals surface area (Å²) >= 11 is 0. The summed E-state index contributed by atoms with van der Waals surface area (Å²) in [5.41, 5.74) is 4.56. The smallest absolute Gasteiger partial charge is 0.258 e. The Hall–Kier alpha value is -2.62. The summed E-state index contributed by atoms with van der Waals surface area (Å²) in [5, 5.41) is 2.79. The number of amides is 2. The van der Waals surface area contributed by atoms with Gasteiger partial charge in [0.1, 0.15) is 0 Å². The zero-order chi connectivity index (χ0) is 15.3. The molecule has 2 aromatic rings. The van der Waals surface area contributed by atoms with E-state index in [0.717, 1.165) is 23.4 Å². The summed E-state index contributed by atoms with van der Waals surface area (Å²) in [4.78, 5) is 26.2. The molecule has 4 rings (SSSR count). The van der Waals surface area contributed by atoms with E-state index in [1.165, 1.54) is 5.56 Å². The molecule has 22 heavy (non-hydrogen) atoms. The van der Waals surface area contributed by atoms with Gasteiger partial charge in [-0.2, -0.15) is 0 Å². The summed E-state index contributed by atoms with van der Waals surface area (Å²) in [7, 11) is 0. The van der Waals surface area contributed by atoms with Crippen molar-refractivity contribution in [3.63, 3.8) is 0 Å². The first-order chi connectivity index (χ1) is 10.6. The summed E-state index contributed by atoms with van der Waals surface area (Å²) in [6.07, 6.45) is 1.23.